The third-order valence-electron chi connectivity index (χ3n) is 4.08. The quantitative estimate of drug-likeness (QED) is 0.778. The summed E-state index contributed by atoms with van der Waals surface area (Å²) < 4.78 is 33.2. The van der Waals surface area contributed by atoms with Crippen molar-refractivity contribution in [3.8, 4) is 11.1 Å². The number of hydrogen-bond donors (Lipinski definition) is 1. The zero-order valence-electron chi connectivity index (χ0n) is 14.4. The number of nitrogens with one attached hydrogen (secondary N) is 1. The van der Waals surface area contributed by atoms with Crippen LogP contribution in [0.2, 0.25) is 0 Å². The van der Waals surface area contributed by atoms with Crippen LogP contribution in [-0.2, 0) is 19.6 Å². The van der Waals surface area contributed by atoms with Crippen molar-refractivity contribution in [3.63, 3.8) is 0 Å². The van der Waals surface area contributed by atoms with Crippen LogP contribution in [0.15, 0.2) is 51.8 Å². The van der Waals surface area contributed by atoms with E-state index in [1.165, 1.54) is 0 Å². The molecule has 0 radical (unpaired) electrons. The summed E-state index contributed by atoms with van der Waals surface area (Å²) in [4.78, 5) is 12.6. The molecule has 2 aromatic carbocycles. The fourth-order valence-corrected chi connectivity index (χ4v) is 5.03. The number of amides is 1. The Hall–Kier alpha value is -1.90. The number of anilines is 1. The lowest BCUT2D eigenvalue weighted by molar-refractivity contribution is -0.120. The number of methoxy groups -OCH3 is 1. The SMILES string of the molecule is COCC(C)NC(=O)CN1c2ccc(Br)cc2-c2ccccc2S1(=O)=O. The lowest BCUT2D eigenvalue weighted by Gasteiger charge is -2.32. The molecule has 26 heavy (non-hydrogen) atoms. The van der Waals surface area contributed by atoms with Crippen molar-refractivity contribution in [1.82, 2.24) is 5.32 Å². The largest absolute Gasteiger partial charge is 0.383 e. The van der Waals surface area contributed by atoms with Crippen LogP contribution in [0.3, 0.4) is 0 Å². The number of halogens is 1. The topological polar surface area (TPSA) is 75.7 Å². The maximum Gasteiger partial charge on any atom is 0.265 e. The van der Waals surface area contributed by atoms with Gasteiger partial charge in [-0.1, -0.05) is 34.1 Å². The molecule has 1 N–H and O–H groups in total. The minimum atomic E-state index is -3.83. The van der Waals surface area contributed by atoms with Gasteiger partial charge in [0.1, 0.15) is 6.54 Å². The Labute approximate surface area is 161 Å². The Morgan fingerprint density at radius 1 is 1.23 bits per heavy atom. The van der Waals surface area contributed by atoms with Crippen molar-refractivity contribution < 1.29 is 17.9 Å². The molecule has 1 unspecified atom stereocenters. The number of fused-ring (bicyclic) bond motifs is 3. The highest BCUT2D eigenvalue weighted by molar-refractivity contribution is 9.10. The van der Waals surface area contributed by atoms with Crippen molar-refractivity contribution in [2.75, 3.05) is 24.6 Å². The molecule has 2 aromatic rings. The van der Waals surface area contributed by atoms with Gasteiger partial charge in [-0.15, -0.1) is 0 Å². The zero-order valence-corrected chi connectivity index (χ0v) is 16.8. The molecule has 1 heterocycles. The van der Waals surface area contributed by atoms with Gasteiger partial charge < -0.3 is 10.1 Å². The average molecular weight is 439 g/mol. The van der Waals surface area contributed by atoms with Crippen LogP contribution < -0.4 is 9.62 Å². The standard InChI is InChI=1S/C18H19BrN2O4S/c1-12(11-25-2)20-18(22)10-21-16-8-7-13(19)9-15(16)14-5-3-4-6-17(14)26(21,23)24/h3-9,12H,10-11H2,1-2H3,(H,20,22). The molecule has 1 amide bonds. The van der Waals surface area contributed by atoms with Crippen LogP contribution >= 0.6 is 15.9 Å². The van der Waals surface area contributed by atoms with E-state index in [0.29, 0.717) is 17.9 Å². The van der Waals surface area contributed by atoms with Gasteiger partial charge in [0.25, 0.3) is 10.0 Å². The van der Waals surface area contributed by atoms with Crippen molar-refractivity contribution >= 4 is 37.5 Å². The van der Waals surface area contributed by atoms with Crippen LogP contribution in [0.1, 0.15) is 6.92 Å². The van der Waals surface area contributed by atoms with Gasteiger partial charge in [0.15, 0.2) is 0 Å². The molecule has 0 aliphatic carbocycles. The first-order valence-electron chi connectivity index (χ1n) is 8.04. The normalized spacial score (nSPS) is 15.7. The third kappa shape index (κ3) is 3.49. The molecule has 1 atom stereocenters. The summed E-state index contributed by atoms with van der Waals surface area (Å²) in [5.41, 5.74) is 1.89. The minimum Gasteiger partial charge on any atom is -0.383 e. The second-order valence-electron chi connectivity index (χ2n) is 6.09. The molecule has 0 spiro atoms. The number of ether oxygens (including phenoxy) is 1. The Balaban J connectivity index is 2.02. The first-order chi connectivity index (χ1) is 12.3. The zero-order chi connectivity index (χ0) is 18.9. The van der Waals surface area contributed by atoms with Crippen molar-refractivity contribution in [2.24, 2.45) is 0 Å². The summed E-state index contributed by atoms with van der Waals surface area (Å²) in [6, 6.07) is 11.9. The Morgan fingerprint density at radius 2 is 1.96 bits per heavy atom. The van der Waals surface area contributed by atoms with Crippen LogP contribution in [0.25, 0.3) is 11.1 Å². The monoisotopic (exact) mass is 438 g/mol. The van der Waals surface area contributed by atoms with E-state index in [9.17, 15) is 13.2 Å². The maximum absolute atomic E-state index is 13.1. The van der Waals surface area contributed by atoms with Gasteiger partial charge in [0, 0.05) is 28.8 Å². The number of rotatable bonds is 5. The lowest BCUT2D eigenvalue weighted by Crippen LogP contribution is -2.45. The predicted molar refractivity (Wildman–Crippen MR) is 104 cm³/mol. The summed E-state index contributed by atoms with van der Waals surface area (Å²) in [7, 11) is -2.28. The molecule has 0 fully saturated rings. The van der Waals surface area contributed by atoms with E-state index in [1.54, 1.807) is 50.4 Å². The van der Waals surface area contributed by atoms with Gasteiger partial charge in [0.2, 0.25) is 5.91 Å². The molecule has 0 aromatic heterocycles. The van der Waals surface area contributed by atoms with Gasteiger partial charge in [-0.2, -0.15) is 0 Å². The second-order valence-corrected chi connectivity index (χ2v) is 8.84. The minimum absolute atomic E-state index is 0.198. The second kappa shape index (κ2) is 7.38. The van der Waals surface area contributed by atoms with Gasteiger partial charge in [-0.05, 0) is 31.2 Å². The molecule has 0 saturated carbocycles. The predicted octanol–water partition coefficient (Wildman–Crippen LogP) is 2.78. The van der Waals surface area contributed by atoms with Crippen LogP contribution in [0.4, 0.5) is 5.69 Å². The third-order valence-corrected chi connectivity index (χ3v) is 6.39. The highest BCUT2D eigenvalue weighted by Crippen LogP contribution is 2.43. The molecular weight excluding hydrogens is 420 g/mol. The number of nitrogens with zero attached hydrogens (tertiary/aromatic N) is 1. The average Bonchev–Trinajstić information content (AvgIpc) is 2.59. The maximum atomic E-state index is 13.1. The molecule has 138 valence electrons. The summed E-state index contributed by atoms with van der Waals surface area (Å²) in [6.07, 6.45) is 0. The van der Waals surface area contributed by atoms with E-state index < -0.39 is 10.0 Å². The molecule has 3 rings (SSSR count). The molecule has 1 aliphatic rings. The van der Waals surface area contributed by atoms with E-state index in [4.69, 9.17) is 4.74 Å². The molecular formula is C18H19BrN2O4S. The van der Waals surface area contributed by atoms with Crippen LogP contribution in [0, 0.1) is 0 Å². The van der Waals surface area contributed by atoms with Crippen molar-refractivity contribution in [1.29, 1.82) is 0 Å². The Bertz CT molecular complexity index is 946. The lowest BCUT2D eigenvalue weighted by atomic mass is 10.0. The van der Waals surface area contributed by atoms with E-state index >= 15 is 0 Å². The highest BCUT2D eigenvalue weighted by Gasteiger charge is 2.36. The molecule has 0 bridgehead atoms. The Kier molecular flexibility index (Phi) is 5.36. The van der Waals surface area contributed by atoms with E-state index in [2.05, 4.69) is 21.2 Å². The number of benzene rings is 2. The van der Waals surface area contributed by atoms with E-state index in [0.717, 1.165) is 14.3 Å². The fourth-order valence-electron chi connectivity index (χ4n) is 3.02. The first-order valence-corrected chi connectivity index (χ1v) is 10.3. The summed E-state index contributed by atoms with van der Waals surface area (Å²) >= 11 is 3.43. The van der Waals surface area contributed by atoms with Crippen molar-refractivity contribution in [2.45, 2.75) is 17.9 Å². The number of carbonyl (C=O) groups is 1. The number of sulfonamides is 1. The van der Waals surface area contributed by atoms with E-state index in [1.807, 2.05) is 6.07 Å². The first kappa shape index (κ1) is 18.9. The van der Waals surface area contributed by atoms with Crippen LogP contribution in [0.5, 0.6) is 0 Å². The van der Waals surface area contributed by atoms with E-state index in [-0.39, 0.29) is 23.4 Å². The number of hydrogen-bond acceptors (Lipinski definition) is 4. The van der Waals surface area contributed by atoms with Gasteiger partial charge in [-0.25, -0.2) is 8.42 Å². The van der Waals surface area contributed by atoms with Crippen LogP contribution in [-0.4, -0.2) is 40.6 Å². The molecule has 6 nitrogen and oxygen atoms in total. The summed E-state index contributed by atoms with van der Waals surface area (Å²) in [5.74, 6) is -0.383. The molecule has 8 heteroatoms. The molecule has 1 aliphatic heterocycles. The summed E-state index contributed by atoms with van der Waals surface area (Å²) in [6.45, 7) is 1.86. The molecule has 0 saturated heterocycles. The summed E-state index contributed by atoms with van der Waals surface area (Å²) in [5, 5.41) is 2.75. The number of carbonyl (C=O) groups excluding carboxylic acids is 1. The van der Waals surface area contributed by atoms with Gasteiger partial charge in [-0.3, -0.25) is 9.10 Å². The fraction of sp³-hybridized carbons (Fsp3) is 0.278. The Morgan fingerprint density at radius 3 is 2.69 bits per heavy atom. The van der Waals surface area contributed by atoms with Gasteiger partial charge in [0.05, 0.1) is 17.2 Å². The smallest absolute Gasteiger partial charge is 0.265 e. The van der Waals surface area contributed by atoms with Gasteiger partial charge >= 0.3 is 0 Å². The highest BCUT2D eigenvalue weighted by atomic mass is 79.9. The van der Waals surface area contributed by atoms with Crippen molar-refractivity contribution in [3.05, 3.63) is 46.9 Å².